The lowest BCUT2D eigenvalue weighted by Gasteiger charge is -2.28. The third kappa shape index (κ3) is 2.83. The smallest absolute Gasteiger partial charge is 0.263 e. The normalized spacial score (nSPS) is 19.6. The summed E-state index contributed by atoms with van der Waals surface area (Å²) in [6, 6.07) is 7.44. The molecule has 1 fully saturated rings. The molecule has 7 nitrogen and oxygen atoms in total. The summed E-state index contributed by atoms with van der Waals surface area (Å²) in [4.78, 5) is 34.1. The maximum absolute atomic E-state index is 13.5. The Morgan fingerprint density at radius 1 is 1.20 bits per heavy atom. The lowest BCUT2D eigenvalue weighted by Crippen LogP contribution is -2.38. The summed E-state index contributed by atoms with van der Waals surface area (Å²) >= 11 is 0. The lowest BCUT2D eigenvalue weighted by molar-refractivity contribution is 0.0958. The number of para-hydroxylation sites is 1. The van der Waals surface area contributed by atoms with Gasteiger partial charge in [0.2, 0.25) is 5.95 Å². The second-order valence-electron chi connectivity index (χ2n) is 9.84. The van der Waals surface area contributed by atoms with Crippen LogP contribution in [0.4, 0.5) is 5.95 Å². The molecule has 0 spiro atoms. The van der Waals surface area contributed by atoms with Gasteiger partial charge in [0.25, 0.3) is 11.5 Å². The third-order valence-electron chi connectivity index (χ3n) is 6.15. The van der Waals surface area contributed by atoms with Crippen LogP contribution >= 0.6 is 0 Å². The van der Waals surface area contributed by atoms with Gasteiger partial charge in [-0.3, -0.25) is 14.2 Å². The van der Waals surface area contributed by atoms with E-state index < -0.39 is 5.54 Å². The number of aromatic nitrogens is 3. The molecule has 1 saturated carbocycles. The Morgan fingerprint density at radius 3 is 2.57 bits per heavy atom. The third-order valence-corrected chi connectivity index (χ3v) is 6.15. The molecular weight excluding hydrogens is 378 g/mol. The highest BCUT2D eigenvalue weighted by Gasteiger charge is 2.39. The second kappa shape index (κ2) is 5.97. The molecule has 30 heavy (non-hydrogen) atoms. The van der Waals surface area contributed by atoms with Gasteiger partial charge in [-0.05, 0) is 59.6 Å². The van der Waals surface area contributed by atoms with Gasteiger partial charge >= 0.3 is 0 Å². The number of anilines is 1. The van der Waals surface area contributed by atoms with Crippen LogP contribution in [0.5, 0.6) is 0 Å². The van der Waals surface area contributed by atoms with E-state index in [9.17, 15) is 9.59 Å². The highest BCUT2D eigenvalue weighted by molar-refractivity contribution is 6.01. The van der Waals surface area contributed by atoms with Gasteiger partial charge in [0, 0.05) is 22.3 Å². The first-order chi connectivity index (χ1) is 14.1. The van der Waals surface area contributed by atoms with Crippen molar-refractivity contribution in [2.24, 2.45) is 0 Å². The Labute approximate surface area is 174 Å². The van der Waals surface area contributed by atoms with Crippen LogP contribution in [0.1, 0.15) is 69.6 Å². The maximum atomic E-state index is 13.5. The number of nitrogens with one attached hydrogen (secondary N) is 3. The van der Waals surface area contributed by atoms with Crippen LogP contribution in [-0.2, 0) is 5.54 Å². The van der Waals surface area contributed by atoms with E-state index in [1.807, 2.05) is 52.0 Å². The number of nitrogens with zero attached hydrogens (tertiary/aromatic N) is 2. The molecule has 2 aliphatic rings. The first kappa shape index (κ1) is 18.9. The van der Waals surface area contributed by atoms with Gasteiger partial charge in [-0.1, -0.05) is 12.1 Å². The Kier molecular flexibility index (Phi) is 3.76. The molecule has 1 atom stereocenters. The molecule has 0 saturated heterocycles. The fourth-order valence-corrected chi connectivity index (χ4v) is 4.21. The minimum absolute atomic E-state index is 0.0177. The number of hydrogen-bond donors (Lipinski definition) is 3. The molecule has 0 radical (unpaired) electrons. The van der Waals surface area contributed by atoms with Crippen molar-refractivity contribution < 1.29 is 4.79 Å². The summed E-state index contributed by atoms with van der Waals surface area (Å²) in [6.45, 7) is 10.1. The average Bonchev–Trinajstić information content (AvgIpc) is 3.10. The molecule has 0 bridgehead atoms. The number of aromatic amines is 1. The molecular formula is C23H27N5O2. The Bertz CT molecular complexity index is 1260. The summed E-state index contributed by atoms with van der Waals surface area (Å²) < 4.78 is 1.76. The van der Waals surface area contributed by atoms with Crippen LogP contribution in [0.3, 0.4) is 0 Å². The van der Waals surface area contributed by atoms with E-state index >= 15 is 0 Å². The van der Waals surface area contributed by atoms with Crippen molar-refractivity contribution in [2.75, 3.05) is 5.32 Å². The number of benzene rings is 1. The SMILES string of the molecule is C[C@H]1NC(=O)c2cc(-c3cccc4c(=O)n(C(C)(C)C)c(NC5(C)CC5)nc34)[nH]c21. The van der Waals surface area contributed by atoms with Crippen LogP contribution in [0.15, 0.2) is 29.1 Å². The fraction of sp³-hybridized carbons (Fsp3) is 0.435. The summed E-state index contributed by atoms with van der Waals surface area (Å²) in [5.41, 5.74) is 3.30. The molecule has 3 N–H and O–H groups in total. The zero-order valence-corrected chi connectivity index (χ0v) is 18.0. The summed E-state index contributed by atoms with van der Waals surface area (Å²) in [7, 11) is 0. The van der Waals surface area contributed by atoms with E-state index in [2.05, 4.69) is 22.5 Å². The number of fused-ring (bicyclic) bond motifs is 2. The van der Waals surface area contributed by atoms with Crippen molar-refractivity contribution in [3.63, 3.8) is 0 Å². The molecule has 3 heterocycles. The minimum Gasteiger partial charge on any atom is -0.356 e. The van der Waals surface area contributed by atoms with Gasteiger partial charge in [0.1, 0.15) is 0 Å². The van der Waals surface area contributed by atoms with Gasteiger partial charge in [0.05, 0.1) is 28.2 Å². The van der Waals surface area contributed by atoms with Crippen LogP contribution in [0, 0.1) is 0 Å². The second-order valence-corrected chi connectivity index (χ2v) is 9.84. The highest BCUT2D eigenvalue weighted by atomic mass is 16.2. The van der Waals surface area contributed by atoms with Gasteiger partial charge in [-0.25, -0.2) is 4.98 Å². The quantitative estimate of drug-likeness (QED) is 0.616. The first-order valence-electron chi connectivity index (χ1n) is 10.5. The van der Waals surface area contributed by atoms with Gasteiger partial charge in [0.15, 0.2) is 0 Å². The Balaban J connectivity index is 1.76. The molecule has 1 aliphatic heterocycles. The molecule has 0 unspecified atom stereocenters. The Morgan fingerprint density at radius 2 is 1.93 bits per heavy atom. The zero-order chi connectivity index (χ0) is 21.4. The summed E-state index contributed by atoms with van der Waals surface area (Å²) in [6.07, 6.45) is 2.12. The number of carbonyl (C=O) groups is 1. The number of H-pyrrole nitrogens is 1. The largest absolute Gasteiger partial charge is 0.356 e. The number of hydrogen-bond acceptors (Lipinski definition) is 4. The molecule has 1 aliphatic carbocycles. The van der Waals surface area contributed by atoms with Crippen molar-refractivity contribution in [1.29, 1.82) is 0 Å². The van der Waals surface area contributed by atoms with Crippen LogP contribution in [0.2, 0.25) is 0 Å². The van der Waals surface area contributed by atoms with Gasteiger partial charge in [-0.2, -0.15) is 0 Å². The zero-order valence-electron chi connectivity index (χ0n) is 18.0. The number of carbonyl (C=O) groups excluding carboxylic acids is 1. The number of amides is 1. The molecule has 2 aromatic heterocycles. The van der Waals surface area contributed by atoms with Crippen LogP contribution in [0.25, 0.3) is 22.2 Å². The standard InChI is InChI=1S/C23H27N5O2/c1-12-17-15(19(29)24-12)11-16(25-17)13-7-6-8-14-18(13)26-21(27-23(5)9-10-23)28(20(14)30)22(2,3)4/h6-8,11-12,25H,9-10H2,1-5H3,(H,24,29)(H,26,27)/t12-/m1/s1. The molecule has 156 valence electrons. The van der Waals surface area contributed by atoms with Crippen molar-refractivity contribution in [3.8, 4) is 11.3 Å². The predicted octanol–water partition coefficient (Wildman–Crippen LogP) is 3.92. The van der Waals surface area contributed by atoms with E-state index in [1.165, 1.54) is 0 Å². The number of rotatable bonds is 3. The van der Waals surface area contributed by atoms with E-state index in [1.54, 1.807) is 4.57 Å². The summed E-state index contributed by atoms with van der Waals surface area (Å²) in [5, 5.41) is 6.98. The van der Waals surface area contributed by atoms with Crippen molar-refractivity contribution in [1.82, 2.24) is 19.9 Å². The summed E-state index contributed by atoms with van der Waals surface area (Å²) in [5.74, 6) is 0.518. The predicted molar refractivity (Wildman–Crippen MR) is 118 cm³/mol. The van der Waals surface area contributed by atoms with Crippen LogP contribution < -0.4 is 16.2 Å². The van der Waals surface area contributed by atoms with E-state index in [-0.39, 0.29) is 23.0 Å². The highest BCUT2D eigenvalue weighted by Crippen LogP contribution is 2.39. The monoisotopic (exact) mass is 405 g/mol. The fourth-order valence-electron chi connectivity index (χ4n) is 4.21. The van der Waals surface area contributed by atoms with Gasteiger partial charge in [-0.15, -0.1) is 0 Å². The van der Waals surface area contributed by atoms with E-state index in [4.69, 9.17) is 4.98 Å². The lowest BCUT2D eigenvalue weighted by atomic mass is 10.1. The van der Waals surface area contributed by atoms with Crippen molar-refractivity contribution >= 4 is 22.8 Å². The van der Waals surface area contributed by atoms with E-state index in [0.717, 1.165) is 29.8 Å². The maximum Gasteiger partial charge on any atom is 0.263 e. The van der Waals surface area contributed by atoms with E-state index in [0.29, 0.717) is 22.4 Å². The molecule has 5 rings (SSSR count). The van der Waals surface area contributed by atoms with Crippen molar-refractivity contribution in [2.45, 2.75) is 64.6 Å². The Hall–Kier alpha value is -3.09. The van der Waals surface area contributed by atoms with Gasteiger partial charge < -0.3 is 15.6 Å². The topological polar surface area (TPSA) is 91.8 Å². The minimum atomic E-state index is -0.414. The molecule has 1 aromatic carbocycles. The van der Waals surface area contributed by atoms with Crippen molar-refractivity contribution in [3.05, 3.63) is 45.9 Å². The van der Waals surface area contributed by atoms with Crippen LogP contribution in [-0.4, -0.2) is 26.0 Å². The molecule has 3 aromatic rings. The molecule has 1 amide bonds. The average molecular weight is 406 g/mol. The molecule has 7 heteroatoms. The first-order valence-corrected chi connectivity index (χ1v) is 10.5.